The van der Waals surface area contributed by atoms with Gasteiger partial charge in [0, 0.05) is 18.7 Å². The molecule has 0 saturated carbocycles. The zero-order valence-corrected chi connectivity index (χ0v) is 15.3. The van der Waals surface area contributed by atoms with Crippen LogP contribution in [-0.4, -0.2) is 54.4 Å². The highest BCUT2D eigenvalue weighted by Gasteiger charge is 2.18. The van der Waals surface area contributed by atoms with Gasteiger partial charge >= 0.3 is 0 Å². The van der Waals surface area contributed by atoms with Crippen LogP contribution < -0.4 is 24.8 Å². The van der Waals surface area contributed by atoms with Crippen LogP contribution in [0.15, 0.2) is 23.8 Å². The highest BCUT2D eigenvalue weighted by atomic mass is 32.2. The number of hydrogen-bond acceptors (Lipinski definition) is 6. The van der Waals surface area contributed by atoms with E-state index in [9.17, 15) is 13.2 Å². The summed E-state index contributed by atoms with van der Waals surface area (Å²) in [7, 11) is -0.722. The summed E-state index contributed by atoms with van der Waals surface area (Å²) in [6, 6.07) is 2.94. The summed E-state index contributed by atoms with van der Waals surface area (Å²) in [4.78, 5) is 12.4. The van der Waals surface area contributed by atoms with Crippen molar-refractivity contribution in [2.24, 2.45) is 0 Å². The van der Waals surface area contributed by atoms with Crippen LogP contribution in [0.5, 0.6) is 11.5 Å². The molecule has 0 aliphatic carbocycles. The first-order valence-corrected chi connectivity index (χ1v) is 9.64. The number of carbonyl (C=O) groups excluding carboxylic acids is 1. The quantitative estimate of drug-likeness (QED) is 0.612. The number of methoxy groups -OCH3 is 2. The van der Waals surface area contributed by atoms with E-state index in [1.165, 1.54) is 26.4 Å². The highest BCUT2D eigenvalue weighted by molar-refractivity contribution is 7.92. The van der Waals surface area contributed by atoms with Crippen molar-refractivity contribution < 1.29 is 22.7 Å². The predicted octanol–water partition coefficient (Wildman–Crippen LogP) is 0.725. The van der Waals surface area contributed by atoms with Crippen LogP contribution >= 0.6 is 0 Å². The highest BCUT2D eigenvalue weighted by Crippen LogP contribution is 2.37. The fourth-order valence-corrected chi connectivity index (χ4v) is 3.05. The molecule has 1 aromatic carbocycles. The van der Waals surface area contributed by atoms with Crippen LogP contribution in [-0.2, 0) is 10.0 Å². The molecule has 0 unspecified atom stereocenters. The lowest BCUT2D eigenvalue weighted by Crippen LogP contribution is -2.29. The van der Waals surface area contributed by atoms with E-state index >= 15 is 0 Å². The molecule has 25 heavy (non-hydrogen) atoms. The number of amides is 1. The zero-order chi connectivity index (χ0) is 18.4. The summed E-state index contributed by atoms with van der Waals surface area (Å²) < 4.78 is 35.9. The molecule has 1 amide bonds. The molecule has 0 saturated heterocycles. The summed E-state index contributed by atoms with van der Waals surface area (Å²) in [5.74, 6) is 0.157. The Kier molecular flexibility index (Phi) is 6.27. The Labute approximate surface area is 147 Å². The molecule has 9 heteroatoms. The van der Waals surface area contributed by atoms with Crippen molar-refractivity contribution in [3.8, 4) is 11.5 Å². The Morgan fingerprint density at radius 3 is 2.60 bits per heavy atom. The first kappa shape index (κ1) is 19.1. The van der Waals surface area contributed by atoms with Gasteiger partial charge in [0.2, 0.25) is 10.0 Å². The van der Waals surface area contributed by atoms with Crippen LogP contribution in [0.2, 0.25) is 0 Å². The fraction of sp³-hybridized carbons (Fsp3) is 0.438. The van der Waals surface area contributed by atoms with Gasteiger partial charge < -0.3 is 20.1 Å². The number of sulfonamides is 1. The molecule has 8 nitrogen and oxygen atoms in total. The van der Waals surface area contributed by atoms with Gasteiger partial charge in [-0.2, -0.15) is 0 Å². The molecule has 0 atom stereocenters. The lowest BCUT2D eigenvalue weighted by Gasteiger charge is -2.17. The van der Waals surface area contributed by atoms with Gasteiger partial charge in [-0.15, -0.1) is 0 Å². The number of hydrogen-bond donors (Lipinski definition) is 3. The van der Waals surface area contributed by atoms with E-state index in [4.69, 9.17) is 9.47 Å². The van der Waals surface area contributed by atoms with Crippen LogP contribution in [0.25, 0.3) is 0 Å². The Morgan fingerprint density at radius 2 is 2.04 bits per heavy atom. The summed E-state index contributed by atoms with van der Waals surface area (Å²) >= 11 is 0. The molecule has 138 valence electrons. The summed E-state index contributed by atoms with van der Waals surface area (Å²) in [5, 5.41) is 6.05. The molecule has 0 aromatic heterocycles. The standard InChI is InChI=1S/C16H23N3O5S/c1-23-14-9-12(8-13(15(14)24-2)19-25(3,21)22)16(20)18-10-11-4-6-17-7-5-11/h4,8-9,17,19H,5-7,10H2,1-3H3,(H,18,20). The first-order valence-electron chi connectivity index (χ1n) is 7.74. The van der Waals surface area contributed by atoms with Crippen molar-refractivity contribution in [2.75, 3.05) is 44.8 Å². The molecular formula is C16H23N3O5S. The van der Waals surface area contributed by atoms with Gasteiger partial charge in [-0.1, -0.05) is 11.6 Å². The molecule has 0 radical (unpaired) electrons. The van der Waals surface area contributed by atoms with Crippen molar-refractivity contribution in [1.29, 1.82) is 0 Å². The minimum absolute atomic E-state index is 0.149. The molecule has 2 rings (SSSR count). The second-order valence-electron chi connectivity index (χ2n) is 5.63. The maximum absolute atomic E-state index is 12.4. The fourth-order valence-electron chi connectivity index (χ4n) is 2.50. The number of nitrogens with one attached hydrogen (secondary N) is 3. The molecule has 3 N–H and O–H groups in total. The lowest BCUT2D eigenvalue weighted by atomic mass is 10.1. The van der Waals surface area contributed by atoms with Gasteiger partial charge in [0.25, 0.3) is 5.91 Å². The Bertz CT molecular complexity index is 774. The Morgan fingerprint density at radius 1 is 1.28 bits per heavy atom. The van der Waals surface area contributed by atoms with E-state index in [0.717, 1.165) is 31.3 Å². The SMILES string of the molecule is COc1cc(C(=O)NCC2=CCNCC2)cc(NS(C)(=O)=O)c1OC. The van der Waals surface area contributed by atoms with E-state index < -0.39 is 10.0 Å². The van der Waals surface area contributed by atoms with E-state index in [2.05, 4.69) is 21.4 Å². The third-order valence-corrected chi connectivity index (χ3v) is 4.26. The molecule has 1 heterocycles. The predicted molar refractivity (Wildman–Crippen MR) is 95.9 cm³/mol. The van der Waals surface area contributed by atoms with Crippen molar-refractivity contribution in [2.45, 2.75) is 6.42 Å². The smallest absolute Gasteiger partial charge is 0.251 e. The number of rotatable bonds is 7. The summed E-state index contributed by atoms with van der Waals surface area (Å²) in [6.07, 6.45) is 3.96. The van der Waals surface area contributed by atoms with Crippen LogP contribution in [0.1, 0.15) is 16.8 Å². The second-order valence-corrected chi connectivity index (χ2v) is 7.38. The third kappa shape index (κ3) is 5.36. The van der Waals surface area contributed by atoms with Crippen molar-refractivity contribution >= 4 is 21.6 Å². The third-order valence-electron chi connectivity index (χ3n) is 3.67. The van der Waals surface area contributed by atoms with Gasteiger partial charge in [-0.3, -0.25) is 9.52 Å². The second kappa shape index (κ2) is 8.21. The van der Waals surface area contributed by atoms with E-state index in [-0.39, 0.29) is 28.7 Å². The molecular weight excluding hydrogens is 346 g/mol. The van der Waals surface area contributed by atoms with Crippen LogP contribution in [0.3, 0.4) is 0 Å². The monoisotopic (exact) mass is 369 g/mol. The normalized spacial score (nSPS) is 14.4. The molecule has 0 fully saturated rings. The average molecular weight is 369 g/mol. The van der Waals surface area contributed by atoms with Gasteiger partial charge in [0.05, 0.1) is 26.2 Å². The van der Waals surface area contributed by atoms with Gasteiger partial charge in [0.1, 0.15) is 0 Å². The number of benzene rings is 1. The van der Waals surface area contributed by atoms with E-state index in [1.807, 2.05) is 0 Å². The Hall–Kier alpha value is -2.26. The van der Waals surface area contributed by atoms with Crippen molar-refractivity contribution in [1.82, 2.24) is 10.6 Å². The van der Waals surface area contributed by atoms with E-state index in [0.29, 0.717) is 6.54 Å². The van der Waals surface area contributed by atoms with Crippen LogP contribution in [0.4, 0.5) is 5.69 Å². The maximum atomic E-state index is 12.4. The first-order chi connectivity index (χ1) is 11.8. The minimum Gasteiger partial charge on any atom is -0.493 e. The number of anilines is 1. The maximum Gasteiger partial charge on any atom is 0.251 e. The van der Waals surface area contributed by atoms with Crippen molar-refractivity contribution in [3.05, 3.63) is 29.3 Å². The van der Waals surface area contributed by atoms with Gasteiger partial charge in [0.15, 0.2) is 11.5 Å². The van der Waals surface area contributed by atoms with Gasteiger partial charge in [-0.25, -0.2) is 8.42 Å². The van der Waals surface area contributed by atoms with Gasteiger partial charge in [-0.05, 0) is 25.1 Å². The topological polar surface area (TPSA) is 106 Å². The van der Waals surface area contributed by atoms with Crippen molar-refractivity contribution in [3.63, 3.8) is 0 Å². The molecule has 0 bridgehead atoms. The van der Waals surface area contributed by atoms with Crippen LogP contribution in [0, 0.1) is 0 Å². The average Bonchev–Trinajstić information content (AvgIpc) is 2.58. The Balaban J connectivity index is 2.25. The number of carbonyl (C=O) groups is 1. The summed E-state index contributed by atoms with van der Waals surface area (Å²) in [6.45, 7) is 2.13. The molecule has 1 aliphatic heterocycles. The minimum atomic E-state index is -3.54. The number of ether oxygens (including phenoxy) is 2. The largest absolute Gasteiger partial charge is 0.493 e. The summed E-state index contributed by atoms with van der Waals surface area (Å²) in [5.41, 5.74) is 1.58. The molecule has 1 aliphatic rings. The van der Waals surface area contributed by atoms with E-state index in [1.54, 1.807) is 0 Å². The molecule has 0 spiro atoms. The lowest BCUT2D eigenvalue weighted by molar-refractivity contribution is 0.0956. The molecule has 1 aromatic rings. The zero-order valence-electron chi connectivity index (χ0n) is 14.5.